The minimum Gasteiger partial charge on any atom is -0.314 e. The van der Waals surface area contributed by atoms with Gasteiger partial charge < -0.3 is 4.57 Å². The van der Waals surface area contributed by atoms with Gasteiger partial charge in [-0.25, -0.2) is 0 Å². The highest BCUT2D eigenvalue weighted by molar-refractivity contribution is 9.10. The molecular formula is C10H12BrNO. The maximum atomic E-state index is 11.5. The summed E-state index contributed by atoms with van der Waals surface area (Å²) in [6.07, 6.45) is 4.45. The van der Waals surface area contributed by atoms with E-state index in [9.17, 15) is 4.79 Å². The second-order valence-electron chi connectivity index (χ2n) is 3.74. The third kappa shape index (κ3) is 2.02. The third-order valence-electron chi connectivity index (χ3n) is 2.42. The van der Waals surface area contributed by atoms with E-state index in [2.05, 4.69) is 15.9 Å². The van der Waals surface area contributed by atoms with Crippen LogP contribution in [0.3, 0.4) is 0 Å². The van der Waals surface area contributed by atoms with Gasteiger partial charge in [-0.2, -0.15) is 0 Å². The predicted molar refractivity (Wildman–Crippen MR) is 55.9 cm³/mol. The second-order valence-corrected chi connectivity index (χ2v) is 4.59. The summed E-state index contributed by atoms with van der Waals surface area (Å²) in [5, 5.41) is 0. The average Bonchev–Trinajstić information content (AvgIpc) is 2.84. The summed E-state index contributed by atoms with van der Waals surface area (Å²) in [6, 6.07) is 1.69. The Kier molecular flexibility index (Phi) is 2.28. The highest BCUT2D eigenvalue weighted by Crippen LogP contribution is 2.30. The molecule has 2 rings (SSSR count). The minimum absolute atomic E-state index is 0.118. The lowest BCUT2D eigenvalue weighted by atomic mass is 10.3. The van der Waals surface area contributed by atoms with Gasteiger partial charge in [0.1, 0.15) is 0 Å². The van der Waals surface area contributed by atoms with Gasteiger partial charge in [-0.3, -0.25) is 4.79 Å². The summed E-state index contributed by atoms with van der Waals surface area (Å²) in [7, 11) is 0. The van der Waals surface area contributed by atoms with Gasteiger partial charge in [0, 0.05) is 23.3 Å². The van der Waals surface area contributed by atoms with Crippen molar-refractivity contribution in [1.82, 2.24) is 4.57 Å². The molecule has 0 saturated heterocycles. The first-order valence-corrected chi connectivity index (χ1v) is 5.32. The van der Waals surface area contributed by atoms with Gasteiger partial charge in [0.2, 0.25) is 0 Å². The highest BCUT2D eigenvalue weighted by Gasteiger charge is 2.22. The normalized spacial score (nSPS) is 16.2. The first-order valence-electron chi connectivity index (χ1n) is 4.53. The Balaban J connectivity index is 2.33. The van der Waals surface area contributed by atoms with E-state index >= 15 is 0 Å². The molecule has 0 amide bonds. The molecule has 0 aromatic carbocycles. The molecule has 0 aliphatic heterocycles. The molecule has 13 heavy (non-hydrogen) atoms. The van der Waals surface area contributed by atoms with Crippen LogP contribution in [0.4, 0.5) is 0 Å². The second kappa shape index (κ2) is 3.29. The first kappa shape index (κ1) is 9.00. The molecule has 0 unspecified atom stereocenters. The Hall–Kier alpha value is -0.570. The monoisotopic (exact) mass is 241 g/mol. The van der Waals surface area contributed by atoms with Crippen molar-refractivity contribution in [3.63, 3.8) is 0 Å². The van der Waals surface area contributed by atoms with Crippen LogP contribution in [-0.2, 0) is 6.54 Å². The molecule has 1 aliphatic carbocycles. The fourth-order valence-corrected chi connectivity index (χ4v) is 1.72. The number of nitrogens with zero attached hydrogens (tertiary/aromatic N) is 1. The molecule has 0 N–H and O–H groups in total. The third-order valence-corrected chi connectivity index (χ3v) is 3.25. The quantitative estimate of drug-likeness (QED) is 0.780. The van der Waals surface area contributed by atoms with E-state index in [-0.39, 0.29) is 5.56 Å². The summed E-state index contributed by atoms with van der Waals surface area (Å²) in [5.74, 6) is 0.743. The Morgan fingerprint density at radius 3 is 2.92 bits per heavy atom. The number of hydrogen-bond acceptors (Lipinski definition) is 1. The van der Waals surface area contributed by atoms with Crippen molar-refractivity contribution < 1.29 is 0 Å². The Morgan fingerprint density at radius 2 is 2.31 bits per heavy atom. The van der Waals surface area contributed by atoms with Gasteiger partial charge in [-0.1, -0.05) is 0 Å². The molecule has 0 atom stereocenters. The molecule has 0 spiro atoms. The van der Waals surface area contributed by atoms with E-state index in [0.717, 1.165) is 22.5 Å². The highest BCUT2D eigenvalue weighted by atomic mass is 79.9. The standard InChI is InChI=1S/C10H12BrNO/c1-7-4-10(13)12(6-9(7)11)5-8-2-3-8/h4,6,8H,2-3,5H2,1H3. The van der Waals surface area contributed by atoms with Gasteiger partial charge in [0.25, 0.3) is 5.56 Å². The van der Waals surface area contributed by atoms with Gasteiger partial charge in [0.05, 0.1) is 0 Å². The molecular weight excluding hydrogens is 230 g/mol. The van der Waals surface area contributed by atoms with E-state index in [4.69, 9.17) is 0 Å². The van der Waals surface area contributed by atoms with Crippen molar-refractivity contribution in [2.45, 2.75) is 26.3 Å². The Bertz CT molecular complexity index is 379. The summed E-state index contributed by atoms with van der Waals surface area (Å²) < 4.78 is 2.82. The van der Waals surface area contributed by atoms with E-state index in [1.165, 1.54) is 12.8 Å². The largest absolute Gasteiger partial charge is 0.314 e. The molecule has 0 bridgehead atoms. The first-order chi connectivity index (χ1) is 6.16. The van der Waals surface area contributed by atoms with Crippen LogP contribution in [-0.4, -0.2) is 4.57 Å². The predicted octanol–water partition coefficient (Wildman–Crippen LogP) is 2.33. The van der Waals surface area contributed by atoms with Crippen molar-refractivity contribution in [2.75, 3.05) is 0 Å². The fourth-order valence-electron chi connectivity index (χ4n) is 1.36. The van der Waals surface area contributed by atoms with Crippen molar-refractivity contribution in [3.05, 3.63) is 32.7 Å². The number of pyridine rings is 1. The van der Waals surface area contributed by atoms with E-state index < -0.39 is 0 Å². The van der Waals surface area contributed by atoms with Crippen LogP contribution in [0.25, 0.3) is 0 Å². The smallest absolute Gasteiger partial charge is 0.250 e. The van der Waals surface area contributed by atoms with Crippen molar-refractivity contribution in [1.29, 1.82) is 0 Å². The zero-order valence-electron chi connectivity index (χ0n) is 7.59. The van der Waals surface area contributed by atoms with Crippen LogP contribution in [0.5, 0.6) is 0 Å². The van der Waals surface area contributed by atoms with E-state index in [0.29, 0.717) is 0 Å². The van der Waals surface area contributed by atoms with E-state index in [1.54, 1.807) is 10.6 Å². The summed E-state index contributed by atoms with van der Waals surface area (Å²) in [5.41, 5.74) is 1.13. The van der Waals surface area contributed by atoms with Crippen LogP contribution in [0.15, 0.2) is 21.5 Å². The molecule has 1 heterocycles. The molecule has 2 nitrogen and oxygen atoms in total. The Labute approximate surface area is 85.7 Å². The summed E-state index contributed by atoms with van der Waals surface area (Å²) >= 11 is 3.43. The zero-order chi connectivity index (χ0) is 9.42. The number of aryl methyl sites for hydroxylation is 1. The van der Waals surface area contributed by atoms with Crippen LogP contribution in [0.1, 0.15) is 18.4 Å². The maximum Gasteiger partial charge on any atom is 0.250 e. The zero-order valence-corrected chi connectivity index (χ0v) is 9.17. The number of aromatic nitrogens is 1. The lowest BCUT2D eigenvalue weighted by Gasteiger charge is -2.05. The SMILES string of the molecule is Cc1cc(=O)n(CC2CC2)cc1Br. The summed E-state index contributed by atoms with van der Waals surface area (Å²) in [4.78, 5) is 11.5. The van der Waals surface area contributed by atoms with Crippen LogP contribution >= 0.6 is 15.9 Å². The van der Waals surface area contributed by atoms with Gasteiger partial charge in [0.15, 0.2) is 0 Å². The van der Waals surface area contributed by atoms with Gasteiger partial charge in [-0.15, -0.1) is 0 Å². The van der Waals surface area contributed by atoms with Crippen molar-refractivity contribution in [3.8, 4) is 0 Å². The molecule has 1 aromatic heterocycles. The average molecular weight is 242 g/mol. The van der Waals surface area contributed by atoms with Crippen LogP contribution in [0.2, 0.25) is 0 Å². The van der Waals surface area contributed by atoms with E-state index in [1.807, 2.05) is 13.1 Å². The number of halogens is 1. The molecule has 70 valence electrons. The van der Waals surface area contributed by atoms with Crippen LogP contribution in [0, 0.1) is 12.8 Å². The number of rotatable bonds is 2. The lowest BCUT2D eigenvalue weighted by molar-refractivity contribution is 0.604. The molecule has 1 aromatic rings. The fraction of sp³-hybridized carbons (Fsp3) is 0.500. The Morgan fingerprint density at radius 1 is 1.62 bits per heavy atom. The molecule has 0 radical (unpaired) electrons. The van der Waals surface area contributed by atoms with Crippen LogP contribution < -0.4 is 5.56 Å². The molecule has 1 aliphatic rings. The maximum absolute atomic E-state index is 11.5. The summed E-state index contributed by atoms with van der Waals surface area (Å²) in [6.45, 7) is 2.82. The topological polar surface area (TPSA) is 22.0 Å². The van der Waals surface area contributed by atoms with Crippen molar-refractivity contribution >= 4 is 15.9 Å². The van der Waals surface area contributed by atoms with Gasteiger partial charge in [-0.05, 0) is 47.2 Å². The van der Waals surface area contributed by atoms with Gasteiger partial charge >= 0.3 is 0 Å². The molecule has 1 saturated carbocycles. The van der Waals surface area contributed by atoms with Crippen molar-refractivity contribution in [2.24, 2.45) is 5.92 Å². The minimum atomic E-state index is 0.118. The molecule has 1 fully saturated rings. The lowest BCUT2D eigenvalue weighted by Crippen LogP contribution is -2.20. The molecule has 3 heteroatoms. The number of hydrogen-bond donors (Lipinski definition) is 0.